The molecule has 0 aromatic heterocycles. The van der Waals surface area contributed by atoms with E-state index < -0.39 is 0 Å². The molecule has 2 nitrogen and oxygen atoms in total. The predicted octanol–water partition coefficient (Wildman–Crippen LogP) is 1.45. The highest BCUT2D eigenvalue weighted by Crippen LogP contribution is 2.11. The molecule has 0 aliphatic rings. The Morgan fingerprint density at radius 1 is 1.36 bits per heavy atom. The van der Waals surface area contributed by atoms with Crippen molar-refractivity contribution in [1.82, 2.24) is 4.90 Å². The van der Waals surface area contributed by atoms with Gasteiger partial charge in [0.05, 0.1) is 0 Å². The summed E-state index contributed by atoms with van der Waals surface area (Å²) in [6.07, 6.45) is 0. The lowest BCUT2D eigenvalue weighted by Gasteiger charge is -2.08. The highest BCUT2D eigenvalue weighted by molar-refractivity contribution is 5.26. The fraction of sp³-hybridized carbons (Fsp3) is 0.333. The van der Waals surface area contributed by atoms with E-state index in [9.17, 15) is 0 Å². The van der Waals surface area contributed by atoms with Gasteiger partial charge in [0, 0.05) is 6.54 Å². The smallest absolute Gasteiger partial charge is 0.115 e. The standard InChI is InChI=1S/C9H13NO/c1-10(2)7-8-4-3-5-9(11)6-8/h3-6,11H,7H2,1-2H3. The third-order valence-corrected chi connectivity index (χ3v) is 1.41. The van der Waals surface area contributed by atoms with Gasteiger partial charge in [0.25, 0.3) is 0 Å². The van der Waals surface area contributed by atoms with Gasteiger partial charge in [-0.05, 0) is 31.8 Å². The minimum atomic E-state index is 0.337. The van der Waals surface area contributed by atoms with E-state index in [4.69, 9.17) is 5.11 Å². The van der Waals surface area contributed by atoms with Gasteiger partial charge in [0.1, 0.15) is 5.75 Å². The van der Waals surface area contributed by atoms with Gasteiger partial charge >= 0.3 is 0 Å². The quantitative estimate of drug-likeness (QED) is 0.691. The summed E-state index contributed by atoms with van der Waals surface area (Å²) in [5.74, 6) is 0.337. The molecule has 0 amide bonds. The van der Waals surface area contributed by atoms with Gasteiger partial charge in [-0.2, -0.15) is 0 Å². The molecule has 0 radical (unpaired) electrons. The summed E-state index contributed by atoms with van der Waals surface area (Å²) < 4.78 is 0. The van der Waals surface area contributed by atoms with Crippen LogP contribution in [0.5, 0.6) is 5.75 Å². The van der Waals surface area contributed by atoms with Crippen LogP contribution in [0.4, 0.5) is 0 Å². The van der Waals surface area contributed by atoms with Crippen LogP contribution < -0.4 is 0 Å². The summed E-state index contributed by atoms with van der Waals surface area (Å²) in [5, 5.41) is 9.11. The van der Waals surface area contributed by atoms with Crippen molar-refractivity contribution in [1.29, 1.82) is 0 Å². The van der Waals surface area contributed by atoms with Crippen molar-refractivity contribution in [3.05, 3.63) is 29.8 Å². The number of aromatic hydroxyl groups is 1. The fourth-order valence-corrected chi connectivity index (χ4v) is 1.02. The average Bonchev–Trinajstić information content (AvgIpc) is 1.85. The monoisotopic (exact) mass is 151 g/mol. The van der Waals surface area contributed by atoms with Gasteiger partial charge in [0.2, 0.25) is 0 Å². The topological polar surface area (TPSA) is 23.5 Å². The van der Waals surface area contributed by atoms with Crippen LogP contribution in [0.3, 0.4) is 0 Å². The predicted molar refractivity (Wildman–Crippen MR) is 45.5 cm³/mol. The summed E-state index contributed by atoms with van der Waals surface area (Å²) in [5.41, 5.74) is 1.13. The molecule has 0 bridgehead atoms. The highest BCUT2D eigenvalue weighted by atomic mass is 16.3. The van der Waals surface area contributed by atoms with E-state index in [2.05, 4.69) is 4.90 Å². The second-order valence-corrected chi connectivity index (χ2v) is 2.91. The largest absolute Gasteiger partial charge is 0.508 e. The number of phenolic OH excluding ortho intramolecular Hbond substituents is 1. The maximum absolute atomic E-state index is 9.11. The molecule has 1 rings (SSSR count). The van der Waals surface area contributed by atoms with Crippen LogP contribution in [0.25, 0.3) is 0 Å². The van der Waals surface area contributed by atoms with Crippen molar-refractivity contribution >= 4 is 0 Å². The number of hydrogen-bond acceptors (Lipinski definition) is 2. The van der Waals surface area contributed by atoms with Crippen LogP contribution in [0.1, 0.15) is 5.56 Å². The maximum Gasteiger partial charge on any atom is 0.115 e. The number of hydrogen-bond donors (Lipinski definition) is 1. The molecule has 0 atom stereocenters. The summed E-state index contributed by atoms with van der Waals surface area (Å²) in [6.45, 7) is 0.869. The molecule has 60 valence electrons. The maximum atomic E-state index is 9.11. The summed E-state index contributed by atoms with van der Waals surface area (Å²) in [6, 6.07) is 7.31. The third-order valence-electron chi connectivity index (χ3n) is 1.41. The molecule has 11 heavy (non-hydrogen) atoms. The molecule has 0 saturated carbocycles. The van der Waals surface area contributed by atoms with Crippen molar-refractivity contribution < 1.29 is 5.11 Å². The second kappa shape index (κ2) is 3.39. The van der Waals surface area contributed by atoms with Gasteiger partial charge < -0.3 is 10.0 Å². The molecule has 1 aromatic rings. The third kappa shape index (κ3) is 2.60. The molecule has 1 aromatic carbocycles. The minimum Gasteiger partial charge on any atom is -0.508 e. The van der Waals surface area contributed by atoms with Gasteiger partial charge in [-0.25, -0.2) is 0 Å². The van der Waals surface area contributed by atoms with Crippen molar-refractivity contribution in [3.8, 4) is 5.75 Å². The Morgan fingerprint density at radius 2 is 2.09 bits per heavy atom. The Kier molecular flexibility index (Phi) is 2.49. The average molecular weight is 151 g/mol. The van der Waals surface area contributed by atoms with Crippen molar-refractivity contribution in [3.63, 3.8) is 0 Å². The molecule has 0 spiro atoms. The van der Waals surface area contributed by atoms with Crippen LogP contribution in [-0.2, 0) is 6.54 Å². The fourth-order valence-electron chi connectivity index (χ4n) is 1.02. The zero-order valence-corrected chi connectivity index (χ0v) is 6.91. The van der Waals surface area contributed by atoms with E-state index in [0.717, 1.165) is 12.1 Å². The minimum absolute atomic E-state index is 0.337. The Morgan fingerprint density at radius 3 is 2.64 bits per heavy atom. The van der Waals surface area contributed by atoms with Gasteiger partial charge in [-0.1, -0.05) is 12.1 Å². The van der Waals surface area contributed by atoms with Crippen LogP contribution in [0, 0.1) is 0 Å². The molecule has 0 saturated heterocycles. The van der Waals surface area contributed by atoms with Crippen molar-refractivity contribution in [2.45, 2.75) is 6.54 Å². The van der Waals surface area contributed by atoms with E-state index in [-0.39, 0.29) is 0 Å². The molecule has 0 unspecified atom stereocenters. The van der Waals surface area contributed by atoms with Crippen LogP contribution in [0.15, 0.2) is 24.3 Å². The first-order valence-electron chi connectivity index (χ1n) is 3.61. The van der Waals surface area contributed by atoms with Gasteiger partial charge in [0.15, 0.2) is 0 Å². The number of phenols is 1. The summed E-state index contributed by atoms with van der Waals surface area (Å²) in [4.78, 5) is 2.06. The number of nitrogens with zero attached hydrogens (tertiary/aromatic N) is 1. The van der Waals surface area contributed by atoms with E-state index in [1.54, 1.807) is 12.1 Å². The lowest BCUT2D eigenvalue weighted by Crippen LogP contribution is -2.10. The van der Waals surface area contributed by atoms with E-state index in [1.165, 1.54) is 0 Å². The molecular weight excluding hydrogens is 138 g/mol. The zero-order valence-electron chi connectivity index (χ0n) is 6.91. The van der Waals surface area contributed by atoms with Crippen LogP contribution in [-0.4, -0.2) is 24.1 Å². The summed E-state index contributed by atoms with van der Waals surface area (Å²) >= 11 is 0. The summed E-state index contributed by atoms with van der Waals surface area (Å²) in [7, 11) is 4.01. The number of rotatable bonds is 2. The second-order valence-electron chi connectivity index (χ2n) is 2.91. The van der Waals surface area contributed by atoms with E-state index in [1.807, 2.05) is 26.2 Å². The Hall–Kier alpha value is -1.02. The van der Waals surface area contributed by atoms with Gasteiger partial charge in [-0.3, -0.25) is 0 Å². The zero-order chi connectivity index (χ0) is 8.27. The van der Waals surface area contributed by atoms with E-state index in [0.29, 0.717) is 5.75 Å². The van der Waals surface area contributed by atoms with Crippen molar-refractivity contribution in [2.24, 2.45) is 0 Å². The van der Waals surface area contributed by atoms with Gasteiger partial charge in [-0.15, -0.1) is 0 Å². The lowest BCUT2D eigenvalue weighted by atomic mass is 10.2. The van der Waals surface area contributed by atoms with E-state index >= 15 is 0 Å². The first-order chi connectivity index (χ1) is 5.18. The first kappa shape index (κ1) is 8.08. The van der Waals surface area contributed by atoms with Crippen LogP contribution in [0.2, 0.25) is 0 Å². The lowest BCUT2D eigenvalue weighted by molar-refractivity contribution is 0.400. The molecule has 0 aliphatic heterocycles. The highest BCUT2D eigenvalue weighted by Gasteiger charge is 1.94. The van der Waals surface area contributed by atoms with Crippen molar-refractivity contribution in [2.75, 3.05) is 14.1 Å². The normalized spacial score (nSPS) is 10.5. The Balaban J connectivity index is 2.71. The molecular formula is C9H13NO. The van der Waals surface area contributed by atoms with Crippen LogP contribution >= 0.6 is 0 Å². The Bertz CT molecular complexity index is 233. The Labute approximate surface area is 67.1 Å². The SMILES string of the molecule is CN(C)Cc1cccc(O)c1. The molecule has 0 heterocycles. The molecule has 1 N–H and O–H groups in total. The molecule has 0 fully saturated rings. The molecule has 0 aliphatic carbocycles. The molecule has 2 heteroatoms. The first-order valence-corrected chi connectivity index (χ1v) is 3.61. The number of benzene rings is 1.